The first-order valence-electron chi connectivity index (χ1n) is 9.78. The van der Waals surface area contributed by atoms with E-state index in [4.69, 9.17) is 16.8 Å². The lowest BCUT2D eigenvalue weighted by atomic mass is 10.0. The maximum atomic E-state index is 12.7. The van der Waals surface area contributed by atoms with E-state index in [0.717, 1.165) is 11.1 Å². The second-order valence-electron chi connectivity index (χ2n) is 6.73. The van der Waals surface area contributed by atoms with Gasteiger partial charge in [0.2, 0.25) is 0 Å². The first-order valence-corrected chi connectivity index (χ1v) is 11.0. The van der Waals surface area contributed by atoms with Crippen LogP contribution in [0.5, 0.6) is 0 Å². The van der Waals surface area contributed by atoms with Crippen molar-refractivity contribution in [3.63, 3.8) is 0 Å². The third-order valence-corrected chi connectivity index (χ3v) is 5.71. The van der Waals surface area contributed by atoms with Crippen LogP contribution in [0.15, 0.2) is 30.5 Å². The number of carbonyl (C=O) groups excluding carboxylic acids is 2. The van der Waals surface area contributed by atoms with Crippen LogP contribution in [0.1, 0.15) is 33.0 Å². The van der Waals surface area contributed by atoms with Crippen molar-refractivity contribution in [3.05, 3.63) is 57.3 Å². The quantitative estimate of drug-likeness (QED) is 0.197. The normalized spacial score (nSPS) is 10.1. The maximum Gasteiger partial charge on any atom is 0.307 e. The minimum Gasteiger partial charge on any atom is -0.469 e. The summed E-state index contributed by atoms with van der Waals surface area (Å²) < 4.78 is 4.62. The number of benzene rings is 1. The van der Waals surface area contributed by atoms with Gasteiger partial charge in [0, 0.05) is 24.1 Å². The van der Waals surface area contributed by atoms with Gasteiger partial charge in [0.25, 0.3) is 0 Å². The number of nitrogens with two attached hydrogens (primary N) is 1. The van der Waals surface area contributed by atoms with Crippen LogP contribution in [0, 0.1) is 13.8 Å². The molecule has 3 aromatic rings. The lowest BCUT2D eigenvalue weighted by molar-refractivity contribution is -0.140. The first-order chi connectivity index (χ1) is 15.9. The van der Waals surface area contributed by atoms with Crippen LogP contribution in [0.25, 0.3) is 0 Å². The minimum absolute atomic E-state index is 0.0502. The summed E-state index contributed by atoms with van der Waals surface area (Å²) in [5, 5.41) is 13.8. The number of esters is 1. The fraction of sp³-hybridized carbons (Fsp3) is 0.286. The molecule has 0 aliphatic heterocycles. The molecule has 0 amide bonds. The Morgan fingerprint density at radius 2 is 1.94 bits per heavy atom. The van der Waals surface area contributed by atoms with Crippen LogP contribution < -0.4 is 16.5 Å². The van der Waals surface area contributed by atoms with Crippen LogP contribution in [-0.4, -0.2) is 45.6 Å². The molecule has 0 atom stereocenters. The molecular formula is C21H25ClN6O4S. The van der Waals surface area contributed by atoms with Crippen LogP contribution in [0.2, 0.25) is 5.02 Å². The van der Waals surface area contributed by atoms with Gasteiger partial charge < -0.3 is 20.6 Å². The van der Waals surface area contributed by atoms with Crippen molar-refractivity contribution < 1.29 is 19.5 Å². The number of hydrogen-bond donors (Lipinski definition) is 4. The smallest absolute Gasteiger partial charge is 0.307 e. The second kappa shape index (κ2) is 12.8. The van der Waals surface area contributed by atoms with Gasteiger partial charge in [-0.3, -0.25) is 9.59 Å². The van der Waals surface area contributed by atoms with Gasteiger partial charge in [-0.25, -0.2) is 20.8 Å². The topological polar surface area (TPSA) is 152 Å². The Morgan fingerprint density at radius 1 is 1.21 bits per heavy atom. The summed E-state index contributed by atoms with van der Waals surface area (Å²) in [4.78, 5) is 37.4. The van der Waals surface area contributed by atoms with Crippen molar-refractivity contribution in [3.8, 4) is 0 Å². The predicted molar refractivity (Wildman–Crippen MR) is 127 cm³/mol. The lowest BCUT2D eigenvalue weighted by Crippen LogP contribution is -2.11. The van der Waals surface area contributed by atoms with Gasteiger partial charge >= 0.3 is 5.97 Å². The first kappa shape index (κ1) is 26.1. The minimum atomic E-state index is -0.302. The number of halogens is 1. The number of rotatable bonds is 9. The van der Waals surface area contributed by atoms with Crippen molar-refractivity contribution in [2.24, 2.45) is 5.90 Å². The van der Waals surface area contributed by atoms with Gasteiger partial charge in [-0.2, -0.15) is 0 Å². The maximum absolute atomic E-state index is 12.7. The Kier molecular flexibility index (Phi) is 10.1. The molecule has 2 aromatic heterocycles. The number of ketones is 1. The van der Waals surface area contributed by atoms with E-state index < -0.39 is 0 Å². The Labute approximate surface area is 200 Å². The summed E-state index contributed by atoms with van der Waals surface area (Å²) in [5.74, 6) is 4.80. The SMILES string of the molecule is COC(=O)CCNc1cc(Nc2ncc(C(=O)Cc3c(C)cccc3Cl)s2)nc(C)n1.NO. The molecule has 10 nitrogen and oxygen atoms in total. The standard InChI is InChI=1S/C21H22ClN5O3S.H3NO/c1-12-5-4-6-15(22)14(12)9-16(28)17-11-24-21(31-17)27-19-10-18(25-13(2)26-19)23-8-7-20(29)30-3;1-2/h4-6,10-11H,7-9H2,1-3H3,(H2,23,24,25,26,27);2H,1H2. The number of hydrogen-bond acceptors (Lipinski definition) is 11. The van der Waals surface area contributed by atoms with E-state index in [1.54, 1.807) is 25.3 Å². The highest BCUT2D eigenvalue weighted by Crippen LogP contribution is 2.26. The number of ether oxygens (including phenoxy) is 1. The van der Waals surface area contributed by atoms with Gasteiger partial charge in [0.1, 0.15) is 17.5 Å². The van der Waals surface area contributed by atoms with Crippen LogP contribution in [-0.2, 0) is 16.0 Å². The van der Waals surface area contributed by atoms with Crippen LogP contribution in [0.4, 0.5) is 16.8 Å². The lowest BCUT2D eigenvalue weighted by Gasteiger charge is -2.08. The number of nitrogens with zero attached hydrogens (tertiary/aromatic N) is 3. The average Bonchev–Trinajstić information content (AvgIpc) is 3.25. The van der Waals surface area contributed by atoms with E-state index >= 15 is 0 Å². The summed E-state index contributed by atoms with van der Waals surface area (Å²) in [6.45, 7) is 4.09. The molecule has 0 aliphatic carbocycles. The highest BCUT2D eigenvalue weighted by atomic mass is 35.5. The fourth-order valence-electron chi connectivity index (χ4n) is 2.83. The van der Waals surface area contributed by atoms with E-state index in [1.165, 1.54) is 18.4 Å². The van der Waals surface area contributed by atoms with Crippen LogP contribution >= 0.6 is 22.9 Å². The van der Waals surface area contributed by atoms with Gasteiger partial charge in [0.05, 0.1) is 24.6 Å². The van der Waals surface area contributed by atoms with Crippen molar-refractivity contribution >= 4 is 51.5 Å². The van der Waals surface area contributed by atoms with Gasteiger partial charge in [0.15, 0.2) is 10.9 Å². The molecule has 1 aromatic carbocycles. The molecule has 5 N–H and O–H groups in total. The van der Waals surface area contributed by atoms with Gasteiger partial charge in [-0.1, -0.05) is 35.1 Å². The fourth-order valence-corrected chi connectivity index (χ4v) is 3.87. The van der Waals surface area contributed by atoms with Gasteiger partial charge in [-0.15, -0.1) is 0 Å². The molecule has 0 aliphatic rings. The number of anilines is 3. The number of methoxy groups -OCH3 is 1. The molecule has 0 spiro atoms. The number of Topliss-reactive ketones (excluding diaryl/α,β-unsaturated/α-hetero) is 1. The zero-order valence-electron chi connectivity index (χ0n) is 18.4. The van der Waals surface area contributed by atoms with E-state index in [0.29, 0.717) is 39.0 Å². The molecule has 2 heterocycles. The van der Waals surface area contributed by atoms with E-state index in [1.807, 2.05) is 19.1 Å². The summed E-state index contributed by atoms with van der Waals surface area (Å²) in [6.07, 6.45) is 1.99. The summed E-state index contributed by atoms with van der Waals surface area (Å²) in [6, 6.07) is 7.29. The van der Waals surface area contributed by atoms with Crippen molar-refractivity contribution in [2.45, 2.75) is 26.7 Å². The van der Waals surface area contributed by atoms with Gasteiger partial charge in [-0.05, 0) is 31.0 Å². The number of aryl methyl sites for hydroxylation is 2. The molecule has 176 valence electrons. The largest absolute Gasteiger partial charge is 0.469 e. The molecule has 0 saturated heterocycles. The van der Waals surface area contributed by atoms with Crippen molar-refractivity contribution in [1.82, 2.24) is 15.0 Å². The number of carbonyl (C=O) groups is 2. The monoisotopic (exact) mass is 492 g/mol. The molecular weight excluding hydrogens is 468 g/mol. The summed E-state index contributed by atoms with van der Waals surface area (Å²) in [7, 11) is 1.35. The number of thiazole rings is 1. The molecule has 3 rings (SSSR count). The van der Waals surface area contributed by atoms with E-state index in [-0.39, 0.29) is 24.6 Å². The Balaban J connectivity index is 0.00000187. The third-order valence-electron chi connectivity index (χ3n) is 4.41. The van der Waals surface area contributed by atoms with Crippen molar-refractivity contribution in [2.75, 3.05) is 24.3 Å². The van der Waals surface area contributed by atoms with Crippen LogP contribution in [0.3, 0.4) is 0 Å². The number of aromatic nitrogens is 3. The number of nitrogens with one attached hydrogen (secondary N) is 2. The highest BCUT2D eigenvalue weighted by Gasteiger charge is 2.15. The molecule has 0 bridgehead atoms. The Bertz CT molecular complexity index is 1090. The zero-order chi connectivity index (χ0) is 24.4. The molecule has 0 unspecified atom stereocenters. The molecule has 33 heavy (non-hydrogen) atoms. The highest BCUT2D eigenvalue weighted by molar-refractivity contribution is 7.17. The summed E-state index contributed by atoms with van der Waals surface area (Å²) in [5.41, 5.74) is 1.80. The predicted octanol–water partition coefficient (Wildman–Crippen LogP) is 3.68. The Hall–Kier alpha value is -3.12. The van der Waals surface area contributed by atoms with E-state index in [9.17, 15) is 9.59 Å². The zero-order valence-corrected chi connectivity index (χ0v) is 20.0. The molecule has 0 saturated carbocycles. The third kappa shape index (κ3) is 7.75. The average molecular weight is 493 g/mol. The second-order valence-corrected chi connectivity index (χ2v) is 8.17. The van der Waals surface area contributed by atoms with E-state index in [2.05, 4.69) is 36.2 Å². The molecule has 0 fully saturated rings. The molecule has 0 radical (unpaired) electrons. The molecule has 12 heteroatoms. The van der Waals surface area contributed by atoms with Crippen molar-refractivity contribution in [1.29, 1.82) is 0 Å². The Morgan fingerprint density at radius 3 is 2.64 bits per heavy atom. The summed E-state index contributed by atoms with van der Waals surface area (Å²) >= 11 is 7.49.